The summed E-state index contributed by atoms with van der Waals surface area (Å²) in [4.78, 5) is 10.8. The Morgan fingerprint density at radius 2 is 2.06 bits per heavy atom. The summed E-state index contributed by atoms with van der Waals surface area (Å²) < 4.78 is 5.44. The van der Waals surface area contributed by atoms with Crippen molar-refractivity contribution >= 4 is 5.91 Å². The molecule has 0 saturated carbocycles. The Bertz CT molecular complexity index is 335. The van der Waals surface area contributed by atoms with E-state index >= 15 is 0 Å². The van der Waals surface area contributed by atoms with Gasteiger partial charge in [-0.05, 0) is 24.7 Å². The number of nitrogens with two attached hydrogens (primary N) is 1. The number of rotatable bonds is 6. The molecule has 88 valence electrons. The van der Waals surface area contributed by atoms with Crippen molar-refractivity contribution in [3.8, 4) is 5.75 Å². The second-order valence-corrected chi connectivity index (χ2v) is 3.79. The maximum Gasteiger partial charge on any atom is 0.223 e. The zero-order valence-corrected chi connectivity index (χ0v) is 9.69. The molecule has 0 heterocycles. The normalized spacial score (nSPS) is 12.1. The van der Waals surface area contributed by atoms with Crippen molar-refractivity contribution in [2.45, 2.75) is 13.5 Å². The maximum absolute atomic E-state index is 10.8. The highest BCUT2D eigenvalue weighted by molar-refractivity contribution is 5.76. The van der Waals surface area contributed by atoms with E-state index in [9.17, 15) is 4.79 Å². The molecule has 4 heteroatoms. The number of ether oxygens (including phenoxy) is 1. The number of hydrogen-bond donors (Lipinski definition) is 2. The standard InChI is InChI=1S/C12H18N2O2/c1-9(12(13)15)8-16-11-5-3-10(4-6-11)7-14-2/h3-6,9,14H,7-8H2,1-2H3,(H2,13,15). The van der Waals surface area contributed by atoms with Gasteiger partial charge in [0.2, 0.25) is 5.91 Å². The average Bonchev–Trinajstić information content (AvgIpc) is 2.28. The SMILES string of the molecule is CNCc1ccc(OCC(C)C(N)=O)cc1. The van der Waals surface area contributed by atoms with Crippen molar-refractivity contribution in [1.82, 2.24) is 5.32 Å². The van der Waals surface area contributed by atoms with Gasteiger partial charge in [0.25, 0.3) is 0 Å². The number of primary amides is 1. The summed E-state index contributed by atoms with van der Waals surface area (Å²) in [6.07, 6.45) is 0. The monoisotopic (exact) mass is 222 g/mol. The molecule has 1 aromatic carbocycles. The predicted molar refractivity (Wildman–Crippen MR) is 63.1 cm³/mol. The van der Waals surface area contributed by atoms with Crippen molar-refractivity contribution < 1.29 is 9.53 Å². The van der Waals surface area contributed by atoms with Crippen LogP contribution >= 0.6 is 0 Å². The van der Waals surface area contributed by atoms with Gasteiger partial charge in [-0.15, -0.1) is 0 Å². The van der Waals surface area contributed by atoms with E-state index in [1.807, 2.05) is 31.3 Å². The van der Waals surface area contributed by atoms with Crippen LogP contribution in [-0.2, 0) is 11.3 Å². The first-order valence-electron chi connectivity index (χ1n) is 5.29. The lowest BCUT2D eigenvalue weighted by Crippen LogP contribution is -2.25. The number of carbonyl (C=O) groups is 1. The molecule has 16 heavy (non-hydrogen) atoms. The maximum atomic E-state index is 10.8. The van der Waals surface area contributed by atoms with Crippen molar-refractivity contribution in [3.05, 3.63) is 29.8 Å². The van der Waals surface area contributed by atoms with Crippen LogP contribution in [0.3, 0.4) is 0 Å². The first-order valence-corrected chi connectivity index (χ1v) is 5.29. The van der Waals surface area contributed by atoms with Crippen molar-refractivity contribution in [2.75, 3.05) is 13.7 Å². The zero-order valence-electron chi connectivity index (χ0n) is 9.69. The highest BCUT2D eigenvalue weighted by Crippen LogP contribution is 2.13. The predicted octanol–water partition coefficient (Wildman–Crippen LogP) is 0.906. The van der Waals surface area contributed by atoms with E-state index in [2.05, 4.69) is 5.32 Å². The molecule has 4 nitrogen and oxygen atoms in total. The smallest absolute Gasteiger partial charge is 0.223 e. The van der Waals surface area contributed by atoms with E-state index in [1.54, 1.807) is 6.92 Å². The highest BCUT2D eigenvalue weighted by atomic mass is 16.5. The van der Waals surface area contributed by atoms with Crippen LogP contribution in [0, 0.1) is 5.92 Å². The van der Waals surface area contributed by atoms with Gasteiger partial charge in [0.15, 0.2) is 0 Å². The topological polar surface area (TPSA) is 64.3 Å². The minimum absolute atomic E-state index is 0.267. The van der Waals surface area contributed by atoms with Crippen LogP contribution in [0.1, 0.15) is 12.5 Å². The molecular formula is C12H18N2O2. The molecule has 0 spiro atoms. The summed E-state index contributed by atoms with van der Waals surface area (Å²) in [6, 6.07) is 7.75. The third-order valence-electron chi connectivity index (χ3n) is 2.29. The van der Waals surface area contributed by atoms with Gasteiger partial charge in [-0.25, -0.2) is 0 Å². The number of nitrogens with one attached hydrogen (secondary N) is 1. The molecule has 0 aromatic heterocycles. The van der Waals surface area contributed by atoms with Gasteiger partial charge in [-0.2, -0.15) is 0 Å². The van der Waals surface area contributed by atoms with Crippen LogP contribution in [-0.4, -0.2) is 19.6 Å². The quantitative estimate of drug-likeness (QED) is 0.751. The summed E-state index contributed by atoms with van der Waals surface area (Å²) in [5, 5.41) is 3.07. The van der Waals surface area contributed by atoms with Crippen LogP contribution in [0.5, 0.6) is 5.75 Å². The van der Waals surface area contributed by atoms with Crippen LogP contribution in [0.25, 0.3) is 0 Å². The molecule has 1 aromatic rings. The van der Waals surface area contributed by atoms with Gasteiger partial charge in [-0.1, -0.05) is 19.1 Å². The summed E-state index contributed by atoms with van der Waals surface area (Å²) in [5.74, 6) is 0.150. The molecule has 0 saturated heterocycles. The van der Waals surface area contributed by atoms with Gasteiger partial charge in [-0.3, -0.25) is 4.79 Å². The van der Waals surface area contributed by atoms with Crippen LogP contribution in [0.2, 0.25) is 0 Å². The van der Waals surface area contributed by atoms with Crippen LogP contribution < -0.4 is 15.8 Å². The Labute approximate surface area is 95.8 Å². The Hall–Kier alpha value is -1.55. The minimum Gasteiger partial charge on any atom is -0.493 e. The molecule has 0 radical (unpaired) electrons. The van der Waals surface area contributed by atoms with E-state index < -0.39 is 0 Å². The summed E-state index contributed by atoms with van der Waals surface area (Å²) in [5.41, 5.74) is 6.33. The highest BCUT2D eigenvalue weighted by Gasteiger charge is 2.08. The summed E-state index contributed by atoms with van der Waals surface area (Å²) >= 11 is 0. The molecule has 1 amide bonds. The van der Waals surface area contributed by atoms with E-state index in [-0.39, 0.29) is 11.8 Å². The fourth-order valence-electron chi connectivity index (χ4n) is 1.21. The molecule has 0 aliphatic heterocycles. The zero-order chi connectivity index (χ0) is 12.0. The van der Waals surface area contributed by atoms with E-state index in [4.69, 9.17) is 10.5 Å². The van der Waals surface area contributed by atoms with E-state index in [0.29, 0.717) is 6.61 Å². The van der Waals surface area contributed by atoms with Crippen molar-refractivity contribution in [3.63, 3.8) is 0 Å². The van der Waals surface area contributed by atoms with Gasteiger partial charge in [0.1, 0.15) is 5.75 Å². The molecule has 0 aliphatic carbocycles. The van der Waals surface area contributed by atoms with E-state index in [0.717, 1.165) is 12.3 Å². The minimum atomic E-state index is -0.341. The Morgan fingerprint density at radius 1 is 1.44 bits per heavy atom. The number of amides is 1. The fraction of sp³-hybridized carbons (Fsp3) is 0.417. The molecule has 1 rings (SSSR count). The molecule has 3 N–H and O–H groups in total. The second kappa shape index (κ2) is 6.12. The number of hydrogen-bond acceptors (Lipinski definition) is 3. The second-order valence-electron chi connectivity index (χ2n) is 3.79. The average molecular weight is 222 g/mol. The Morgan fingerprint density at radius 3 is 2.56 bits per heavy atom. The fourth-order valence-corrected chi connectivity index (χ4v) is 1.21. The molecular weight excluding hydrogens is 204 g/mol. The first-order chi connectivity index (χ1) is 7.63. The first kappa shape index (κ1) is 12.5. The van der Waals surface area contributed by atoms with Crippen molar-refractivity contribution in [1.29, 1.82) is 0 Å². The third-order valence-corrected chi connectivity index (χ3v) is 2.29. The summed E-state index contributed by atoms with van der Waals surface area (Å²) in [7, 11) is 1.90. The lowest BCUT2D eigenvalue weighted by molar-refractivity contribution is -0.122. The van der Waals surface area contributed by atoms with Gasteiger partial charge in [0, 0.05) is 6.54 Å². The number of benzene rings is 1. The van der Waals surface area contributed by atoms with Gasteiger partial charge < -0.3 is 15.8 Å². The number of carbonyl (C=O) groups excluding carboxylic acids is 1. The molecule has 1 unspecified atom stereocenters. The Balaban J connectivity index is 2.46. The lowest BCUT2D eigenvalue weighted by Gasteiger charge is -2.10. The van der Waals surface area contributed by atoms with Crippen molar-refractivity contribution in [2.24, 2.45) is 11.7 Å². The van der Waals surface area contributed by atoms with Gasteiger partial charge >= 0.3 is 0 Å². The van der Waals surface area contributed by atoms with Crippen LogP contribution in [0.4, 0.5) is 0 Å². The molecule has 0 bridgehead atoms. The molecule has 0 aliphatic rings. The summed E-state index contributed by atoms with van der Waals surface area (Å²) in [6.45, 7) is 2.90. The van der Waals surface area contributed by atoms with E-state index in [1.165, 1.54) is 5.56 Å². The lowest BCUT2D eigenvalue weighted by atomic mass is 10.2. The van der Waals surface area contributed by atoms with Gasteiger partial charge in [0.05, 0.1) is 12.5 Å². The molecule has 1 atom stereocenters. The third kappa shape index (κ3) is 3.90. The Kier molecular flexibility index (Phi) is 4.79. The molecule has 0 fully saturated rings. The largest absolute Gasteiger partial charge is 0.493 e. The van der Waals surface area contributed by atoms with Crippen LogP contribution in [0.15, 0.2) is 24.3 Å².